The van der Waals surface area contributed by atoms with Gasteiger partial charge in [0.25, 0.3) is 0 Å². The number of imidazole rings is 1. The van der Waals surface area contributed by atoms with Gasteiger partial charge in [0.15, 0.2) is 5.65 Å². The fraction of sp³-hybridized carbons (Fsp3) is 0.111. The van der Waals surface area contributed by atoms with Gasteiger partial charge in [0.05, 0.1) is 5.02 Å². The van der Waals surface area contributed by atoms with Crippen LogP contribution in [0.2, 0.25) is 5.02 Å². The van der Waals surface area contributed by atoms with Gasteiger partial charge in [-0.1, -0.05) is 11.6 Å². The molecule has 2 heterocycles. The lowest BCUT2D eigenvalue weighted by Crippen LogP contribution is -1.92. The molecule has 3 nitrogen and oxygen atoms in total. The lowest BCUT2D eigenvalue weighted by Gasteiger charge is -1.97. The maximum Gasteiger partial charge on any atom is 0.155 e. The second-order valence-corrected chi connectivity index (χ2v) is 3.08. The Morgan fingerprint density at radius 2 is 2.46 bits per heavy atom. The highest BCUT2D eigenvalue weighted by Gasteiger charge is 2.04. The fourth-order valence-electron chi connectivity index (χ4n) is 1.26. The zero-order chi connectivity index (χ0) is 9.26. The van der Waals surface area contributed by atoms with E-state index in [1.807, 2.05) is 16.7 Å². The van der Waals surface area contributed by atoms with Crippen molar-refractivity contribution >= 4 is 23.5 Å². The van der Waals surface area contributed by atoms with Gasteiger partial charge >= 0.3 is 0 Å². The van der Waals surface area contributed by atoms with Gasteiger partial charge in [-0.3, -0.25) is 0 Å². The number of aromatic nitrogens is 2. The molecule has 0 spiro atoms. The molecule has 0 radical (unpaired) electrons. The van der Waals surface area contributed by atoms with Crippen LogP contribution in [0.1, 0.15) is 5.69 Å². The molecule has 0 aromatic carbocycles. The molecule has 2 rings (SSSR count). The molecule has 0 bridgehead atoms. The van der Waals surface area contributed by atoms with Crippen LogP contribution in [-0.2, 0) is 11.2 Å². The molecule has 13 heavy (non-hydrogen) atoms. The Kier molecular flexibility index (Phi) is 2.02. The molecule has 0 amide bonds. The van der Waals surface area contributed by atoms with Crippen molar-refractivity contribution in [2.45, 2.75) is 6.42 Å². The summed E-state index contributed by atoms with van der Waals surface area (Å²) in [6.45, 7) is 0. The lowest BCUT2D eigenvalue weighted by molar-refractivity contribution is -0.107. The molecule has 2 aromatic rings. The second kappa shape index (κ2) is 3.18. The highest BCUT2D eigenvalue weighted by molar-refractivity contribution is 6.33. The predicted molar refractivity (Wildman–Crippen MR) is 50.0 cm³/mol. The molecule has 0 aliphatic heterocycles. The predicted octanol–water partition coefficient (Wildman–Crippen LogP) is 1.73. The highest BCUT2D eigenvalue weighted by atomic mass is 35.5. The summed E-state index contributed by atoms with van der Waals surface area (Å²) in [7, 11) is 0. The highest BCUT2D eigenvalue weighted by Crippen LogP contribution is 2.16. The first kappa shape index (κ1) is 8.26. The van der Waals surface area contributed by atoms with Gasteiger partial charge in [-0.2, -0.15) is 0 Å². The van der Waals surface area contributed by atoms with Crippen molar-refractivity contribution in [2.24, 2.45) is 0 Å². The first-order valence-electron chi connectivity index (χ1n) is 3.87. The SMILES string of the molecule is O=CCc1cnc2c(Cl)cccn12. The number of halogens is 1. The zero-order valence-electron chi connectivity index (χ0n) is 6.77. The molecular weight excluding hydrogens is 188 g/mol. The zero-order valence-corrected chi connectivity index (χ0v) is 7.53. The number of fused-ring (bicyclic) bond motifs is 1. The van der Waals surface area contributed by atoms with Crippen LogP contribution in [0.5, 0.6) is 0 Å². The van der Waals surface area contributed by atoms with Gasteiger partial charge in [0.2, 0.25) is 0 Å². The van der Waals surface area contributed by atoms with E-state index in [9.17, 15) is 4.79 Å². The smallest absolute Gasteiger partial charge is 0.155 e. The summed E-state index contributed by atoms with van der Waals surface area (Å²) in [5, 5.41) is 0.597. The number of aldehydes is 1. The van der Waals surface area contributed by atoms with Crippen LogP contribution in [0.25, 0.3) is 5.65 Å². The first-order chi connectivity index (χ1) is 6.33. The van der Waals surface area contributed by atoms with Crippen molar-refractivity contribution < 1.29 is 4.79 Å². The summed E-state index contributed by atoms with van der Waals surface area (Å²) in [6.07, 6.45) is 4.72. The number of hydrogen-bond acceptors (Lipinski definition) is 2. The standard InChI is InChI=1S/C9H7ClN2O/c10-8-2-1-4-12-7(3-5-13)6-11-9(8)12/h1-2,4-6H,3H2. The van der Waals surface area contributed by atoms with E-state index in [-0.39, 0.29) is 0 Å². The molecule has 66 valence electrons. The fourth-order valence-corrected chi connectivity index (χ4v) is 1.48. The quantitative estimate of drug-likeness (QED) is 0.683. The molecule has 4 heteroatoms. The summed E-state index contributed by atoms with van der Waals surface area (Å²) >= 11 is 5.90. The Morgan fingerprint density at radius 3 is 3.23 bits per heavy atom. The minimum absolute atomic E-state index is 0.363. The Balaban J connectivity index is 2.67. The van der Waals surface area contributed by atoms with Crippen molar-refractivity contribution in [2.75, 3.05) is 0 Å². The summed E-state index contributed by atoms with van der Waals surface area (Å²) in [5.41, 5.74) is 1.55. The molecule has 0 atom stereocenters. The molecule has 2 aromatic heterocycles. The summed E-state index contributed by atoms with van der Waals surface area (Å²) < 4.78 is 1.82. The minimum Gasteiger partial charge on any atom is -0.303 e. The molecule has 0 fully saturated rings. The van der Waals surface area contributed by atoms with Gasteiger partial charge in [0, 0.05) is 24.5 Å². The maximum absolute atomic E-state index is 10.3. The number of carbonyl (C=O) groups is 1. The third-order valence-corrected chi connectivity index (χ3v) is 2.15. The number of carbonyl (C=O) groups excluding carboxylic acids is 1. The van der Waals surface area contributed by atoms with Crippen LogP contribution in [0.15, 0.2) is 24.5 Å². The van der Waals surface area contributed by atoms with Gasteiger partial charge in [-0.15, -0.1) is 0 Å². The maximum atomic E-state index is 10.3. The van der Waals surface area contributed by atoms with E-state index in [2.05, 4.69) is 4.98 Å². The average Bonchev–Trinajstić information content (AvgIpc) is 2.51. The van der Waals surface area contributed by atoms with E-state index < -0.39 is 0 Å². The third-order valence-electron chi connectivity index (χ3n) is 1.86. The van der Waals surface area contributed by atoms with E-state index in [1.54, 1.807) is 12.3 Å². The van der Waals surface area contributed by atoms with Gasteiger partial charge < -0.3 is 9.20 Å². The number of nitrogens with zero attached hydrogens (tertiary/aromatic N) is 2. The van der Waals surface area contributed by atoms with Gasteiger partial charge in [-0.05, 0) is 12.1 Å². The van der Waals surface area contributed by atoms with Crippen LogP contribution in [0.4, 0.5) is 0 Å². The van der Waals surface area contributed by atoms with E-state index >= 15 is 0 Å². The molecular formula is C9H7ClN2O. The summed E-state index contributed by atoms with van der Waals surface area (Å²) in [4.78, 5) is 14.4. The Bertz CT molecular complexity index is 450. The Hall–Kier alpha value is -1.35. The van der Waals surface area contributed by atoms with Crippen LogP contribution in [0, 0.1) is 0 Å². The van der Waals surface area contributed by atoms with Crippen molar-refractivity contribution in [3.63, 3.8) is 0 Å². The Labute approximate surface area is 80.0 Å². The van der Waals surface area contributed by atoms with Crippen molar-refractivity contribution in [3.8, 4) is 0 Å². The van der Waals surface area contributed by atoms with E-state index in [4.69, 9.17) is 11.6 Å². The summed E-state index contributed by atoms with van der Waals surface area (Å²) in [6, 6.07) is 3.60. The van der Waals surface area contributed by atoms with Gasteiger partial charge in [0.1, 0.15) is 6.29 Å². The largest absolute Gasteiger partial charge is 0.303 e. The Morgan fingerprint density at radius 1 is 1.62 bits per heavy atom. The molecule has 0 N–H and O–H groups in total. The third kappa shape index (κ3) is 1.31. The topological polar surface area (TPSA) is 34.4 Å². The number of pyridine rings is 1. The van der Waals surface area contributed by atoms with Crippen LogP contribution in [0.3, 0.4) is 0 Å². The molecule has 0 aliphatic rings. The molecule has 0 saturated carbocycles. The normalized spacial score (nSPS) is 10.5. The van der Waals surface area contributed by atoms with Crippen molar-refractivity contribution in [3.05, 3.63) is 35.2 Å². The lowest BCUT2D eigenvalue weighted by atomic mass is 10.3. The van der Waals surface area contributed by atoms with Crippen molar-refractivity contribution in [1.82, 2.24) is 9.38 Å². The average molecular weight is 195 g/mol. The van der Waals surface area contributed by atoms with Gasteiger partial charge in [-0.25, -0.2) is 4.98 Å². The molecule has 0 unspecified atom stereocenters. The first-order valence-corrected chi connectivity index (χ1v) is 4.25. The van der Waals surface area contributed by atoms with E-state index in [0.29, 0.717) is 17.1 Å². The minimum atomic E-state index is 0.363. The molecule has 0 saturated heterocycles. The van der Waals surface area contributed by atoms with Crippen LogP contribution >= 0.6 is 11.6 Å². The molecule has 0 aliphatic carbocycles. The van der Waals surface area contributed by atoms with Crippen molar-refractivity contribution in [1.29, 1.82) is 0 Å². The van der Waals surface area contributed by atoms with E-state index in [0.717, 1.165) is 12.0 Å². The van der Waals surface area contributed by atoms with Crippen LogP contribution < -0.4 is 0 Å². The monoisotopic (exact) mass is 194 g/mol. The summed E-state index contributed by atoms with van der Waals surface area (Å²) in [5.74, 6) is 0. The van der Waals surface area contributed by atoms with Crippen LogP contribution in [-0.4, -0.2) is 15.7 Å². The second-order valence-electron chi connectivity index (χ2n) is 2.67. The number of hydrogen-bond donors (Lipinski definition) is 0. The van der Waals surface area contributed by atoms with E-state index in [1.165, 1.54) is 0 Å². The number of rotatable bonds is 2.